The van der Waals surface area contributed by atoms with Crippen molar-refractivity contribution in [3.8, 4) is 0 Å². The van der Waals surface area contributed by atoms with Gasteiger partial charge in [-0.1, -0.05) is 6.07 Å². The summed E-state index contributed by atoms with van der Waals surface area (Å²) in [6.45, 7) is 2.53. The number of anilines is 1. The molecule has 0 aromatic heterocycles. The van der Waals surface area contributed by atoms with E-state index in [0.717, 1.165) is 0 Å². The molecule has 2 aromatic rings. The lowest BCUT2D eigenvalue weighted by molar-refractivity contribution is 0.0939. The number of halogens is 1. The molecule has 28 heavy (non-hydrogen) atoms. The van der Waals surface area contributed by atoms with Crippen LogP contribution in [0.1, 0.15) is 30.1 Å². The predicted octanol–water partition coefficient (Wildman–Crippen LogP) is 2.84. The Morgan fingerprint density at radius 3 is 2.54 bits per heavy atom. The average molecular weight is 405 g/mol. The van der Waals surface area contributed by atoms with Crippen LogP contribution < -0.4 is 10.0 Å². The van der Waals surface area contributed by atoms with Crippen molar-refractivity contribution in [2.45, 2.75) is 36.7 Å². The second-order valence-electron chi connectivity index (χ2n) is 7.10. The summed E-state index contributed by atoms with van der Waals surface area (Å²) in [5.41, 5.74) is 0.511. The van der Waals surface area contributed by atoms with E-state index in [4.69, 9.17) is 0 Å². The van der Waals surface area contributed by atoms with Crippen molar-refractivity contribution in [2.24, 2.45) is 0 Å². The van der Waals surface area contributed by atoms with Gasteiger partial charge in [-0.25, -0.2) is 12.8 Å². The summed E-state index contributed by atoms with van der Waals surface area (Å²) in [5.74, 6) is -0.780. The molecule has 1 fully saturated rings. The van der Waals surface area contributed by atoms with Crippen molar-refractivity contribution in [3.05, 3.63) is 59.9 Å². The smallest absolute Gasteiger partial charge is 0.261 e. The van der Waals surface area contributed by atoms with Gasteiger partial charge in [-0.3, -0.25) is 14.4 Å². The fourth-order valence-electron chi connectivity index (χ4n) is 2.86. The Morgan fingerprint density at radius 2 is 1.89 bits per heavy atom. The SMILES string of the molecule is CC(CNC(=O)c1cccc(S(=O)(=O)Nc2ccc(F)cc2)c1)N(C)C1CC1. The van der Waals surface area contributed by atoms with E-state index >= 15 is 0 Å². The molecule has 1 unspecified atom stereocenters. The second kappa shape index (κ2) is 8.28. The number of nitrogens with one attached hydrogen (secondary N) is 2. The van der Waals surface area contributed by atoms with E-state index in [1.54, 1.807) is 6.07 Å². The Balaban J connectivity index is 1.66. The highest BCUT2D eigenvalue weighted by molar-refractivity contribution is 7.92. The van der Waals surface area contributed by atoms with Gasteiger partial charge in [0.1, 0.15) is 5.82 Å². The van der Waals surface area contributed by atoms with Gasteiger partial charge in [-0.05, 0) is 69.3 Å². The molecule has 1 atom stereocenters. The number of sulfonamides is 1. The highest BCUT2D eigenvalue weighted by atomic mass is 32.2. The molecular weight excluding hydrogens is 381 g/mol. The summed E-state index contributed by atoms with van der Waals surface area (Å²) in [5, 5.41) is 2.86. The van der Waals surface area contributed by atoms with Gasteiger partial charge in [0.2, 0.25) is 0 Å². The van der Waals surface area contributed by atoms with Gasteiger partial charge >= 0.3 is 0 Å². The van der Waals surface area contributed by atoms with Gasteiger partial charge < -0.3 is 5.32 Å². The number of carbonyl (C=O) groups is 1. The summed E-state index contributed by atoms with van der Waals surface area (Å²) >= 11 is 0. The van der Waals surface area contributed by atoms with E-state index in [9.17, 15) is 17.6 Å². The number of likely N-dealkylation sites (N-methyl/N-ethyl adjacent to an activating group) is 1. The number of benzene rings is 2. The Labute approximate surface area is 164 Å². The second-order valence-corrected chi connectivity index (χ2v) is 8.78. The minimum Gasteiger partial charge on any atom is -0.350 e. The monoisotopic (exact) mass is 405 g/mol. The summed E-state index contributed by atoms with van der Waals surface area (Å²) in [6.07, 6.45) is 2.38. The van der Waals surface area contributed by atoms with E-state index in [2.05, 4.69) is 14.9 Å². The molecule has 1 saturated carbocycles. The molecule has 2 aromatic carbocycles. The molecule has 1 aliphatic rings. The minimum absolute atomic E-state index is 0.0346. The fourth-order valence-corrected chi connectivity index (χ4v) is 3.97. The molecule has 6 nitrogen and oxygen atoms in total. The summed E-state index contributed by atoms with van der Waals surface area (Å²) in [4.78, 5) is 14.7. The summed E-state index contributed by atoms with van der Waals surface area (Å²) < 4.78 is 40.5. The molecule has 0 aliphatic heterocycles. The molecule has 1 aliphatic carbocycles. The number of nitrogens with zero attached hydrogens (tertiary/aromatic N) is 1. The number of hydrogen-bond donors (Lipinski definition) is 2. The van der Waals surface area contributed by atoms with Gasteiger partial charge in [0.25, 0.3) is 15.9 Å². The maximum atomic E-state index is 13.0. The van der Waals surface area contributed by atoms with Crippen LogP contribution in [0, 0.1) is 5.82 Å². The van der Waals surface area contributed by atoms with Gasteiger partial charge in [-0.15, -0.1) is 0 Å². The number of carbonyl (C=O) groups excluding carboxylic acids is 1. The van der Waals surface area contributed by atoms with Crippen LogP contribution in [0.4, 0.5) is 10.1 Å². The first-order chi connectivity index (χ1) is 13.3. The topological polar surface area (TPSA) is 78.5 Å². The molecule has 0 heterocycles. The predicted molar refractivity (Wildman–Crippen MR) is 106 cm³/mol. The van der Waals surface area contributed by atoms with Crippen molar-refractivity contribution in [1.29, 1.82) is 0 Å². The van der Waals surface area contributed by atoms with Gasteiger partial charge in [-0.2, -0.15) is 0 Å². The lowest BCUT2D eigenvalue weighted by atomic mass is 10.2. The molecule has 0 spiro atoms. The number of amides is 1. The molecule has 0 saturated heterocycles. The van der Waals surface area contributed by atoms with Crippen molar-refractivity contribution >= 4 is 21.6 Å². The van der Waals surface area contributed by atoms with E-state index < -0.39 is 15.8 Å². The lowest BCUT2D eigenvalue weighted by Gasteiger charge is -2.24. The summed E-state index contributed by atoms with van der Waals surface area (Å²) in [6, 6.07) is 11.6. The number of rotatable bonds is 8. The van der Waals surface area contributed by atoms with Crippen LogP contribution in [-0.2, 0) is 10.0 Å². The van der Waals surface area contributed by atoms with E-state index in [1.165, 1.54) is 55.3 Å². The van der Waals surface area contributed by atoms with Crippen LogP contribution >= 0.6 is 0 Å². The molecule has 3 rings (SSSR count). The van der Waals surface area contributed by atoms with Gasteiger partial charge in [0, 0.05) is 29.9 Å². The van der Waals surface area contributed by atoms with Crippen molar-refractivity contribution in [3.63, 3.8) is 0 Å². The molecule has 0 bridgehead atoms. The van der Waals surface area contributed by atoms with E-state index in [0.29, 0.717) is 12.6 Å². The van der Waals surface area contributed by atoms with Crippen LogP contribution in [0.3, 0.4) is 0 Å². The molecule has 1 amide bonds. The minimum atomic E-state index is -3.89. The number of hydrogen-bond acceptors (Lipinski definition) is 4. The first kappa shape index (κ1) is 20.3. The maximum absolute atomic E-state index is 13.0. The first-order valence-electron chi connectivity index (χ1n) is 9.15. The largest absolute Gasteiger partial charge is 0.350 e. The zero-order chi connectivity index (χ0) is 20.3. The van der Waals surface area contributed by atoms with Crippen molar-refractivity contribution in [1.82, 2.24) is 10.2 Å². The van der Waals surface area contributed by atoms with Crippen molar-refractivity contribution in [2.75, 3.05) is 18.3 Å². The van der Waals surface area contributed by atoms with Crippen LogP contribution in [0.25, 0.3) is 0 Å². The van der Waals surface area contributed by atoms with Crippen LogP contribution in [-0.4, -0.2) is 44.9 Å². The van der Waals surface area contributed by atoms with Gasteiger partial charge in [0.15, 0.2) is 0 Å². The Morgan fingerprint density at radius 1 is 1.21 bits per heavy atom. The fraction of sp³-hybridized carbons (Fsp3) is 0.350. The zero-order valence-electron chi connectivity index (χ0n) is 15.9. The Hall–Kier alpha value is -2.45. The Kier molecular flexibility index (Phi) is 6.00. The Bertz CT molecular complexity index is 943. The maximum Gasteiger partial charge on any atom is 0.261 e. The average Bonchev–Trinajstić information content (AvgIpc) is 3.52. The molecule has 0 radical (unpaired) electrons. The van der Waals surface area contributed by atoms with Crippen molar-refractivity contribution < 1.29 is 17.6 Å². The highest BCUT2D eigenvalue weighted by Crippen LogP contribution is 2.26. The van der Waals surface area contributed by atoms with Crippen LogP contribution in [0.5, 0.6) is 0 Å². The van der Waals surface area contributed by atoms with E-state index in [1.807, 2.05) is 14.0 Å². The van der Waals surface area contributed by atoms with Gasteiger partial charge in [0.05, 0.1) is 4.90 Å². The standard InChI is InChI=1S/C20H24FN3O3S/c1-14(24(2)18-10-11-18)13-22-20(25)15-4-3-5-19(12-15)28(26,27)23-17-8-6-16(21)7-9-17/h3-9,12,14,18,23H,10-11,13H2,1-2H3,(H,22,25). The molecule has 2 N–H and O–H groups in total. The molecular formula is C20H24FN3O3S. The molecule has 8 heteroatoms. The third kappa shape index (κ3) is 5.08. The van der Waals surface area contributed by atoms with Crippen LogP contribution in [0.2, 0.25) is 0 Å². The normalized spacial score (nSPS) is 15.3. The molecule has 150 valence electrons. The van der Waals surface area contributed by atoms with Crippen LogP contribution in [0.15, 0.2) is 53.4 Å². The summed E-state index contributed by atoms with van der Waals surface area (Å²) in [7, 11) is -1.85. The lowest BCUT2D eigenvalue weighted by Crippen LogP contribution is -2.41. The first-order valence-corrected chi connectivity index (χ1v) is 10.6. The third-order valence-electron chi connectivity index (χ3n) is 4.88. The quantitative estimate of drug-likeness (QED) is 0.708. The third-order valence-corrected chi connectivity index (χ3v) is 6.26. The van der Waals surface area contributed by atoms with E-state index in [-0.39, 0.29) is 28.1 Å². The highest BCUT2D eigenvalue weighted by Gasteiger charge is 2.29. The zero-order valence-corrected chi connectivity index (χ0v) is 16.7.